The Hall–Kier alpha value is -2.05. The summed E-state index contributed by atoms with van der Waals surface area (Å²) in [6.45, 7) is 3.99. The second-order valence-corrected chi connectivity index (χ2v) is 6.78. The maximum atomic E-state index is 13.3. The number of hydrogen-bond donors (Lipinski definition) is 2. The normalized spacial score (nSPS) is 16.2. The van der Waals surface area contributed by atoms with Gasteiger partial charge in [0.25, 0.3) is 0 Å². The minimum Gasteiger partial charge on any atom is -0.381 e. The molecule has 1 aromatic heterocycles. The van der Waals surface area contributed by atoms with Crippen molar-refractivity contribution in [1.82, 2.24) is 10.3 Å². The van der Waals surface area contributed by atoms with E-state index in [9.17, 15) is 4.39 Å². The first kappa shape index (κ1) is 17.8. The first-order valence-electron chi connectivity index (χ1n) is 8.40. The van der Waals surface area contributed by atoms with Gasteiger partial charge in [0.1, 0.15) is 11.6 Å². The molecular formula is C19H22FN3OS. The molecule has 0 atom stereocenters. The fraction of sp³-hybridized carbons (Fsp3) is 0.368. The van der Waals surface area contributed by atoms with Crippen molar-refractivity contribution in [2.24, 2.45) is 0 Å². The molecule has 1 aromatic carbocycles. The quantitative estimate of drug-likeness (QED) is 0.818. The van der Waals surface area contributed by atoms with Crippen LogP contribution in [0.25, 0.3) is 0 Å². The lowest BCUT2D eigenvalue weighted by Crippen LogP contribution is -2.45. The molecule has 2 aromatic rings. The number of aromatic nitrogens is 1. The van der Waals surface area contributed by atoms with Crippen LogP contribution >= 0.6 is 12.2 Å². The molecule has 0 aliphatic carbocycles. The Labute approximate surface area is 152 Å². The van der Waals surface area contributed by atoms with Gasteiger partial charge in [0.2, 0.25) is 0 Å². The van der Waals surface area contributed by atoms with Gasteiger partial charge in [-0.1, -0.05) is 18.2 Å². The van der Waals surface area contributed by atoms with E-state index in [1.165, 1.54) is 12.1 Å². The number of ether oxygens (including phenoxy) is 1. The van der Waals surface area contributed by atoms with Crippen LogP contribution < -0.4 is 10.6 Å². The predicted molar refractivity (Wildman–Crippen MR) is 101 cm³/mol. The van der Waals surface area contributed by atoms with E-state index in [0.717, 1.165) is 29.9 Å². The van der Waals surface area contributed by atoms with Gasteiger partial charge in [-0.2, -0.15) is 0 Å². The lowest BCUT2D eigenvalue weighted by molar-refractivity contribution is 0.0515. The minimum atomic E-state index is -0.221. The summed E-state index contributed by atoms with van der Waals surface area (Å²) in [5.41, 5.74) is 1.93. The molecule has 3 rings (SSSR count). The molecule has 2 N–H and O–H groups in total. The van der Waals surface area contributed by atoms with Gasteiger partial charge >= 0.3 is 0 Å². The second-order valence-electron chi connectivity index (χ2n) is 6.37. The van der Waals surface area contributed by atoms with Crippen molar-refractivity contribution in [2.75, 3.05) is 25.1 Å². The Morgan fingerprint density at radius 3 is 2.60 bits per heavy atom. The largest absolute Gasteiger partial charge is 0.381 e. The summed E-state index contributed by atoms with van der Waals surface area (Å²) >= 11 is 5.41. The smallest absolute Gasteiger partial charge is 0.171 e. The summed E-state index contributed by atoms with van der Waals surface area (Å²) in [7, 11) is 0. The third-order valence-electron chi connectivity index (χ3n) is 4.62. The van der Waals surface area contributed by atoms with Gasteiger partial charge in [-0.05, 0) is 61.8 Å². The molecule has 4 nitrogen and oxygen atoms in total. The number of rotatable bonds is 4. The minimum absolute atomic E-state index is 0.113. The summed E-state index contributed by atoms with van der Waals surface area (Å²) in [4.78, 5) is 4.39. The number of pyridine rings is 1. The third kappa shape index (κ3) is 4.52. The number of nitrogens with zero attached hydrogens (tertiary/aromatic N) is 1. The van der Waals surface area contributed by atoms with Gasteiger partial charge in [-0.15, -0.1) is 0 Å². The van der Waals surface area contributed by atoms with Crippen molar-refractivity contribution in [3.05, 3.63) is 59.5 Å². The fourth-order valence-corrected chi connectivity index (χ4v) is 3.33. The second kappa shape index (κ2) is 7.89. The van der Waals surface area contributed by atoms with Gasteiger partial charge in [-0.3, -0.25) is 0 Å². The Kier molecular flexibility index (Phi) is 5.60. The average Bonchev–Trinajstić information content (AvgIpc) is 2.61. The van der Waals surface area contributed by atoms with Crippen LogP contribution in [0.2, 0.25) is 0 Å². The topological polar surface area (TPSA) is 46.2 Å². The van der Waals surface area contributed by atoms with E-state index in [-0.39, 0.29) is 11.2 Å². The number of anilines is 1. The van der Waals surface area contributed by atoms with Crippen LogP contribution in [0.15, 0.2) is 42.5 Å². The highest BCUT2D eigenvalue weighted by molar-refractivity contribution is 7.80. The van der Waals surface area contributed by atoms with E-state index < -0.39 is 0 Å². The van der Waals surface area contributed by atoms with E-state index in [4.69, 9.17) is 17.0 Å². The van der Waals surface area contributed by atoms with Crippen molar-refractivity contribution < 1.29 is 9.13 Å². The molecule has 1 aliphatic heterocycles. The lowest BCUT2D eigenvalue weighted by atomic mass is 9.74. The summed E-state index contributed by atoms with van der Waals surface area (Å²) in [6.07, 6.45) is 1.74. The Balaban J connectivity index is 1.68. The first-order chi connectivity index (χ1) is 12.1. The monoisotopic (exact) mass is 359 g/mol. The third-order valence-corrected chi connectivity index (χ3v) is 4.87. The Morgan fingerprint density at radius 1 is 1.20 bits per heavy atom. The summed E-state index contributed by atoms with van der Waals surface area (Å²) in [5, 5.41) is 6.96. The number of aryl methyl sites for hydroxylation is 1. The van der Waals surface area contributed by atoms with Crippen LogP contribution in [0.3, 0.4) is 0 Å². The zero-order valence-corrected chi connectivity index (χ0v) is 15.0. The fourth-order valence-electron chi connectivity index (χ4n) is 3.16. The van der Waals surface area contributed by atoms with E-state index in [1.54, 1.807) is 0 Å². The highest BCUT2D eigenvalue weighted by atomic mass is 32.1. The molecule has 0 spiro atoms. The lowest BCUT2D eigenvalue weighted by Gasteiger charge is -2.38. The van der Waals surface area contributed by atoms with E-state index in [0.29, 0.717) is 24.9 Å². The van der Waals surface area contributed by atoms with Crippen LogP contribution in [0.4, 0.5) is 10.2 Å². The number of nitrogens with one attached hydrogen (secondary N) is 2. The molecule has 0 radical (unpaired) electrons. The van der Waals surface area contributed by atoms with Crippen LogP contribution in [-0.2, 0) is 10.2 Å². The van der Waals surface area contributed by atoms with Gasteiger partial charge in [0.05, 0.1) is 0 Å². The Morgan fingerprint density at radius 2 is 1.92 bits per heavy atom. The highest BCUT2D eigenvalue weighted by Crippen LogP contribution is 2.34. The number of halogens is 1. The van der Waals surface area contributed by atoms with Crippen molar-refractivity contribution in [2.45, 2.75) is 25.2 Å². The highest BCUT2D eigenvalue weighted by Gasteiger charge is 2.34. The first-order valence-corrected chi connectivity index (χ1v) is 8.81. The van der Waals surface area contributed by atoms with Gasteiger partial charge in [0.15, 0.2) is 5.11 Å². The van der Waals surface area contributed by atoms with E-state index >= 15 is 0 Å². The van der Waals surface area contributed by atoms with E-state index in [2.05, 4.69) is 15.6 Å². The average molecular weight is 359 g/mol. The van der Waals surface area contributed by atoms with Crippen LogP contribution in [0.1, 0.15) is 24.1 Å². The van der Waals surface area contributed by atoms with Crippen molar-refractivity contribution in [3.8, 4) is 0 Å². The van der Waals surface area contributed by atoms with Crippen LogP contribution in [-0.4, -0.2) is 29.9 Å². The molecule has 2 heterocycles. The predicted octanol–water partition coefficient (Wildman–Crippen LogP) is 3.56. The molecule has 25 heavy (non-hydrogen) atoms. The van der Waals surface area contributed by atoms with Crippen molar-refractivity contribution >= 4 is 23.1 Å². The van der Waals surface area contributed by atoms with Crippen LogP contribution in [0.5, 0.6) is 0 Å². The molecule has 132 valence electrons. The molecule has 0 unspecified atom stereocenters. The molecule has 0 saturated carbocycles. The maximum absolute atomic E-state index is 13.3. The summed E-state index contributed by atoms with van der Waals surface area (Å²) < 4.78 is 18.8. The van der Waals surface area contributed by atoms with Gasteiger partial charge < -0.3 is 15.4 Å². The van der Waals surface area contributed by atoms with Crippen molar-refractivity contribution in [3.63, 3.8) is 0 Å². The van der Waals surface area contributed by atoms with Crippen molar-refractivity contribution in [1.29, 1.82) is 0 Å². The number of hydrogen-bond acceptors (Lipinski definition) is 3. The molecule has 1 saturated heterocycles. The molecule has 0 amide bonds. The molecule has 0 bridgehead atoms. The zero-order valence-electron chi connectivity index (χ0n) is 14.2. The molecule has 6 heteroatoms. The SMILES string of the molecule is Cc1cccc(NC(=S)NCC2(c3ccc(F)cc3)CCOCC2)n1. The van der Waals surface area contributed by atoms with E-state index in [1.807, 2.05) is 37.3 Å². The Bertz CT molecular complexity index is 730. The summed E-state index contributed by atoms with van der Waals surface area (Å²) in [5.74, 6) is 0.502. The summed E-state index contributed by atoms with van der Waals surface area (Å²) in [6, 6.07) is 12.5. The standard InChI is InChI=1S/C19H22FN3OS/c1-14-3-2-4-17(22-14)23-18(25)21-13-19(9-11-24-12-10-19)15-5-7-16(20)8-6-15/h2-8H,9-13H2,1H3,(H2,21,22,23,25). The molecular weight excluding hydrogens is 337 g/mol. The maximum Gasteiger partial charge on any atom is 0.171 e. The van der Waals surface area contributed by atoms with Gasteiger partial charge in [0, 0.05) is 30.9 Å². The molecule has 1 aliphatic rings. The number of benzene rings is 1. The van der Waals surface area contributed by atoms with Crippen LogP contribution in [0, 0.1) is 12.7 Å². The number of thiocarbonyl (C=S) groups is 1. The zero-order chi connectivity index (χ0) is 17.7. The molecule has 1 fully saturated rings. The van der Waals surface area contributed by atoms with Gasteiger partial charge in [-0.25, -0.2) is 9.37 Å².